The van der Waals surface area contributed by atoms with Crippen molar-refractivity contribution < 1.29 is 0 Å². The molecular weight excluding hydrogens is 248 g/mol. The van der Waals surface area contributed by atoms with Crippen molar-refractivity contribution in [2.24, 2.45) is 0 Å². The standard InChI is InChI=1S/C13H22N2S2/c16-11-6-4-2-1-3-5-7-12-17-13-14-9-8-10-15-13/h8-10,16H,1-7,11-12H2. The smallest absolute Gasteiger partial charge is 0.187 e. The molecule has 96 valence electrons. The highest BCUT2D eigenvalue weighted by molar-refractivity contribution is 7.99. The first-order valence-corrected chi connectivity index (χ1v) is 8.06. The molecule has 0 N–H and O–H groups in total. The quantitative estimate of drug-likeness (QED) is 0.298. The molecule has 0 saturated carbocycles. The Morgan fingerprint density at radius 3 is 2.12 bits per heavy atom. The lowest BCUT2D eigenvalue weighted by molar-refractivity contribution is 0.605. The molecule has 4 heteroatoms. The predicted molar refractivity (Wildman–Crippen MR) is 78.9 cm³/mol. The summed E-state index contributed by atoms with van der Waals surface area (Å²) in [5, 5.41) is 0.904. The minimum atomic E-state index is 0.904. The van der Waals surface area contributed by atoms with Gasteiger partial charge in [-0.15, -0.1) is 0 Å². The average Bonchev–Trinajstić information content (AvgIpc) is 2.38. The van der Waals surface area contributed by atoms with Crippen LogP contribution in [0.15, 0.2) is 23.6 Å². The molecule has 0 saturated heterocycles. The highest BCUT2D eigenvalue weighted by Crippen LogP contribution is 2.15. The summed E-state index contributed by atoms with van der Waals surface area (Å²) in [5.41, 5.74) is 0. The van der Waals surface area contributed by atoms with E-state index in [1.54, 1.807) is 24.2 Å². The number of rotatable bonds is 10. The van der Waals surface area contributed by atoms with E-state index in [0.717, 1.165) is 16.7 Å². The molecule has 1 heterocycles. The van der Waals surface area contributed by atoms with Crippen LogP contribution in [0.1, 0.15) is 44.9 Å². The normalized spacial score (nSPS) is 10.6. The van der Waals surface area contributed by atoms with Gasteiger partial charge in [0.1, 0.15) is 0 Å². The first-order valence-electron chi connectivity index (χ1n) is 6.44. The molecule has 0 aliphatic carbocycles. The van der Waals surface area contributed by atoms with Crippen molar-refractivity contribution in [3.05, 3.63) is 18.5 Å². The Labute approximate surface area is 114 Å². The lowest BCUT2D eigenvalue weighted by atomic mass is 10.1. The van der Waals surface area contributed by atoms with Crippen molar-refractivity contribution in [3.8, 4) is 0 Å². The van der Waals surface area contributed by atoms with E-state index in [1.165, 1.54) is 44.9 Å². The van der Waals surface area contributed by atoms with Gasteiger partial charge >= 0.3 is 0 Å². The topological polar surface area (TPSA) is 25.8 Å². The first-order chi connectivity index (χ1) is 8.43. The minimum Gasteiger partial charge on any atom is -0.231 e. The summed E-state index contributed by atoms with van der Waals surface area (Å²) in [6.45, 7) is 0. The summed E-state index contributed by atoms with van der Waals surface area (Å²) in [6, 6.07) is 1.86. The summed E-state index contributed by atoms with van der Waals surface area (Å²) >= 11 is 5.97. The zero-order valence-corrected chi connectivity index (χ0v) is 12.1. The highest BCUT2D eigenvalue weighted by atomic mass is 32.2. The summed E-state index contributed by atoms with van der Waals surface area (Å²) in [5.74, 6) is 2.17. The molecule has 1 aromatic heterocycles. The SMILES string of the molecule is SCCCCCCCCCSc1ncccn1. The summed E-state index contributed by atoms with van der Waals surface area (Å²) in [7, 11) is 0. The fourth-order valence-electron chi connectivity index (χ4n) is 1.62. The maximum absolute atomic E-state index is 4.21. The van der Waals surface area contributed by atoms with Crippen LogP contribution in [0.5, 0.6) is 0 Å². The van der Waals surface area contributed by atoms with Gasteiger partial charge in [0, 0.05) is 18.1 Å². The van der Waals surface area contributed by atoms with E-state index in [-0.39, 0.29) is 0 Å². The van der Waals surface area contributed by atoms with Crippen LogP contribution in [0.3, 0.4) is 0 Å². The van der Waals surface area contributed by atoms with Crippen LogP contribution in [-0.4, -0.2) is 21.5 Å². The largest absolute Gasteiger partial charge is 0.231 e. The number of thioether (sulfide) groups is 1. The summed E-state index contributed by atoms with van der Waals surface area (Å²) in [4.78, 5) is 8.38. The maximum Gasteiger partial charge on any atom is 0.187 e. The van der Waals surface area contributed by atoms with Gasteiger partial charge in [-0.2, -0.15) is 12.6 Å². The molecule has 1 aromatic rings. The van der Waals surface area contributed by atoms with Crippen molar-refractivity contribution in [1.29, 1.82) is 0 Å². The fourth-order valence-corrected chi connectivity index (χ4v) is 2.65. The van der Waals surface area contributed by atoms with Crippen LogP contribution >= 0.6 is 24.4 Å². The van der Waals surface area contributed by atoms with Gasteiger partial charge in [0.25, 0.3) is 0 Å². The van der Waals surface area contributed by atoms with E-state index in [9.17, 15) is 0 Å². The monoisotopic (exact) mass is 270 g/mol. The molecule has 17 heavy (non-hydrogen) atoms. The van der Waals surface area contributed by atoms with Crippen molar-refractivity contribution in [3.63, 3.8) is 0 Å². The second-order valence-electron chi connectivity index (χ2n) is 4.08. The van der Waals surface area contributed by atoms with Crippen molar-refractivity contribution in [2.75, 3.05) is 11.5 Å². The lowest BCUT2D eigenvalue weighted by Gasteiger charge is -2.01. The van der Waals surface area contributed by atoms with Gasteiger partial charge in [0.15, 0.2) is 5.16 Å². The van der Waals surface area contributed by atoms with Crippen LogP contribution < -0.4 is 0 Å². The third-order valence-electron chi connectivity index (χ3n) is 2.58. The highest BCUT2D eigenvalue weighted by Gasteiger charge is 1.96. The van der Waals surface area contributed by atoms with Crippen LogP contribution in [0.25, 0.3) is 0 Å². The second kappa shape index (κ2) is 10.9. The maximum atomic E-state index is 4.21. The van der Waals surface area contributed by atoms with E-state index in [4.69, 9.17) is 0 Å². The Morgan fingerprint density at radius 2 is 1.47 bits per heavy atom. The van der Waals surface area contributed by atoms with Gasteiger partial charge < -0.3 is 0 Å². The van der Waals surface area contributed by atoms with Crippen LogP contribution in [0, 0.1) is 0 Å². The lowest BCUT2D eigenvalue weighted by Crippen LogP contribution is -1.87. The molecule has 0 spiro atoms. The molecule has 1 rings (SSSR count). The first kappa shape index (κ1) is 14.8. The molecule has 0 unspecified atom stereocenters. The Balaban J connectivity index is 1.85. The summed E-state index contributed by atoms with van der Waals surface area (Å²) < 4.78 is 0. The van der Waals surface area contributed by atoms with E-state index in [2.05, 4.69) is 22.6 Å². The van der Waals surface area contributed by atoms with Gasteiger partial charge in [0.05, 0.1) is 0 Å². The molecule has 2 nitrogen and oxygen atoms in total. The van der Waals surface area contributed by atoms with Gasteiger partial charge in [-0.3, -0.25) is 0 Å². The van der Waals surface area contributed by atoms with Crippen LogP contribution in [0.2, 0.25) is 0 Å². The number of thiol groups is 1. The zero-order chi connectivity index (χ0) is 12.2. The number of nitrogens with zero attached hydrogens (tertiary/aromatic N) is 2. The van der Waals surface area contributed by atoms with Gasteiger partial charge in [-0.1, -0.05) is 43.9 Å². The Hall–Kier alpha value is -0.220. The van der Waals surface area contributed by atoms with Gasteiger partial charge in [0.2, 0.25) is 0 Å². The van der Waals surface area contributed by atoms with Crippen LogP contribution in [0.4, 0.5) is 0 Å². The van der Waals surface area contributed by atoms with Crippen LogP contribution in [-0.2, 0) is 0 Å². The van der Waals surface area contributed by atoms with Crippen molar-refractivity contribution in [2.45, 2.75) is 50.1 Å². The van der Waals surface area contributed by atoms with E-state index in [0.29, 0.717) is 0 Å². The van der Waals surface area contributed by atoms with Gasteiger partial charge in [-0.25, -0.2) is 9.97 Å². The molecule has 0 amide bonds. The molecule has 0 atom stereocenters. The predicted octanol–water partition coefficient (Wildman–Crippen LogP) is 4.23. The number of aromatic nitrogens is 2. The van der Waals surface area contributed by atoms with Crippen molar-refractivity contribution >= 4 is 24.4 Å². The third kappa shape index (κ3) is 8.50. The Bertz CT molecular complexity index is 267. The number of hydrogen-bond donors (Lipinski definition) is 1. The van der Waals surface area contributed by atoms with Gasteiger partial charge in [-0.05, 0) is 24.7 Å². The molecule has 0 radical (unpaired) electrons. The second-order valence-corrected chi connectivity index (χ2v) is 5.59. The molecule has 0 aromatic carbocycles. The van der Waals surface area contributed by atoms with E-state index in [1.807, 2.05) is 6.07 Å². The number of unbranched alkanes of at least 4 members (excludes halogenated alkanes) is 6. The van der Waals surface area contributed by atoms with E-state index < -0.39 is 0 Å². The Kier molecular flexibility index (Phi) is 9.52. The average molecular weight is 270 g/mol. The van der Waals surface area contributed by atoms with E-state index >= 15 is 0 Å². The summed E-state index contributed by atoms with van der Waals surface area (Å²) in [6.07, 6.45) is 12.9. The molecule has 0 fully saturated rings. The fraction of sp³-hybridized carbons (Fsp3) is 0.692. The number of hydrogen-bond acceptors (Lipinski definition) is 4. The molecule has 0 aliphatic rings. The molecule has 0 bridgehead atoms. The van der Waals surface area contributed by atoms with Crippen molar-refractivity contribution in [1.82, 2.24) is 9.97 Å². The zero-order valence-electron chi connectivity index (χ0n) is 10.3. The molecular formula is C13H22N2S2. The molecule has 0 aliphatic heterocycles. The minimum absolute atomic E-state index is 0.904. The Morgan fingerprint density at radius 1 is 0.882 bits per heavy atom. The third-order valence-corrected chi connectivity index (χ3v) is 3.85.